The van der Waals surface area contributed by atoms with Gasteiger partial charge in [-0.3, -0.25) is 0 Å². The van der Waals surface area contributed by atoms with Crippen molar-refractivity contribution in [3.8, 4) is 11.5 Å². The largest absolute Gasteiger partial charge is 0.519 e. The van der Waals surface area contributed by atoms with Crippen LogP contribution >= 0.6 is 0 Å². The highest BCUT2D eigenvalue weighted by Crippen LogP contribution is 2.37. The molecule has 0 saturated heterocycles. The highest BCUT2D eigenvalue weighted by Gasteiger charge is 2.20. The molecule has 0 atom stereocenters. The van der Waals surface area contributed by atoms with E-state index in [2.05, 4.69) is 6.07 Å². The third-order valence-corrected chi connectivity index (χ3v) is 4.10. The van der Waals surface area contributed by atoms with Gasteiger partial charge in [-0.15, -0.1) is 0 Å². The summed E-state index contributed by atoms with van der Waals surface area (Å²) in [4.78, 5) is 12.0. The number of ether oxygens (including phenoxy) is 2. The number of hydrogen-bond acceptors (Lipinski definition) is 3. The lowest BCUT2D eigenvalue weighted by Crippen LogP contribution is -2.16. The molecular formula is C19H20O3. The van der Waals surface area contributed by atoms with Gasteiger partial charge in [0.1, 0.15) is 11.5 Å². The van der Waals surface area contributed by atoms with Crippen molar-refractivity contribution >= 4 is 6.16 Å². The molecule has 2 aromatic carbocycles. The Kier molecular flexibility index (Phi) is 4.74. The van der Waals surface area contributed by atoms with Crippen LogP contribution in [0.1, 0.15) is 43.6 Å². The summed E-state index contributed by atoms with van der Waals surface area (Å²) in [6.45, 7) is 0. The highest BCUT2D eigenvalue weighted by molar-refractivity contribution is 5.67. The number of para-hydroxylation sites is 2. The Morgan fingerprint density at radius 1 is 0.818 bits per heavy atom. The van der Waals surface area contributed by atoms with Crippen LogP contribution in [0, 0.1) is 0 Å². The second-order valence-electron chi connectivity index (χ2n) is 5.64. The predicted octanol–water partition coefficient (Wildman–Crippen LogP) is 5.31. The van der Waals surface area contributed by atoms with Gasteiger partial charge in [0.05, 0.1) is 0 Å². The Balaban J connectivity index is 1.70. The molecule has 0 unspecified atom stereocenters. The minimum Gasteiger partial charge on any atom is -0.395 e. The molecule has 22 heavy (non-hydrogen) atoms. The van der Waals surface area contributed by atoms with Crippen LogP contribution in [0.3, 0.4) is 0 Å². The van der Waals surface area contributed by atoms with Gasteiger partial charge in [0.2, 0.25) is 0 Å². The third-order valence-electron chi connectivity index (χ3n) is 4.10. The van der Waals surface area contributed by atoms with Gasteiger partial charge in [-0.2, -0.15) is 0 Å². The van der Waals surface area contributed by atoms with Gasteiger partial charge in [0.25, 0.3) is 0 Å². The molecule has 3 nitrogen and oxygen atoms in total. The number of carbonyl (C=O) groups excluding carboxylic acids is 1. The summed E-state index contributed by atoms with van der Waals surface area (Å²) in [5, 5.41) is 0. The van der Waals surface area contributed by atoms with Crippen LogP contribution in [0.25, 0.3) is 0 Å². The van der Waals surface area contributed by atoms with Crippen LogP contribution in [0.5, 0.6) is 11.5 Å². The maximum Gasteiger partial charge on any atom is 0.519 e. The molecule has 1 aliphatic carbocycles. The maximum absolute atomic E-state index is 12.0. The van der Waals surface area contributed by atoms with E-state index in [1.807, 2.05) is 36.4 Å². The van der Waals surface area contributed by atoms with E-state index in [1.54, 1.807) is 12.1 Å². The summed E-state index contributed by atoms with van der Waals surface area (Å²) in [7, 11) is 0. The van der Waals surface area contributed by atoms with Crippen molar-refractivity contribution in [1.82, 2.24) is 0 Å². The van der Waals surface area contributed by atoms with Crippen LogP contribution in [0.15, 0.2) is 54.6 Å². The fourth-order valence-corrected chi connectivity index (χ4v) is 3.02. The Morgan fingerprint density at radius 2 is 1.50 bits per heavy atom. The summed E-state index contributed by atoms with van der Waals surface area (Å²) in [6, 6.07) is 16.8. The zero-order valence-electron chi connectivity index (χ0n) is 12.5. The van der Waals surface area contributed by atoms with Crippen molar-refractivity contribution in [1.29, 1.82) is 0 Å². The molecular weight excluding hydrogens is 276 g/mol. The normalized spacial score (nSPS) is 15.3. The molecule has 3 rings (SSSR count). The summed E-state index contributed by atoms with van der Waals surface area (Å²) >= 11 is 0. The molecule has 0 bridgehead atoms. The van der Waals surface area contributed by atoms with Crippen LogP contribution < -0.4 is 9.47 Å². The first kappa shape index (κ1) is 14.6. The topological polar surface area (TPSA) is 35.5 Å². The summed E-state index contributed by atoms with van der Waals surface area (Å²) in [5.41, 5.74) is 1.12. The molecule has 0 radical (unpaired) electrons. The fraction of sp³-hybridized carbons (Fsp3) is 0.316. The standard InChI is InChI=1S/C19H20O3/c20-19(21-16-11-5-2-6-12-16)22-18-14-8-7-13-17(18)15-9-3-1-4-10-15/h2,5-8,11-15H,1,3-4,9-10H2. The Labute approximate surface area is 130 Å². The zero-order valence-corrected chi connectivity index (χ0v) is 12.5. The predicted molar refractivity (Wildman–Crippen MR) is 85.4 cm³/mol. The minimum absolute atomic E-state index is 0.481. The first-order valence-electron chi connectivity index (χ1n) is 7.86. The lowest BCUT2D eigenvalue weighted by atomic mass is 9.84. The van der Waals surface area contributed by atoms with Gasteiger partial charge < -0.3 is 9.47 Å². The lowest BCUT2D eigenvalue weighted by Gasteiger charge is -2.23. The van der Waals surface area contributed by atoms with Crippen LogP contribution in [-0.2, 0) is 0 Å². The quantitative estimate of drug-likeness (QED) is 0.568. The van der Waals surface area contributed by atoms with Crippen LogP contribution in [0.2, 0.25) is 0 Å². The van der Waals surface area contributed by atoms with Crippen molar-refractivity contribution in [3.63, 3.8) is 0 Å². The Bertz CT molecular complexity index is 616. The van der Waals surface area contributed by atoms with E-state index in [4.69, 9.17) is 9.47 Å². The van der Waals surface area contributed by atoms with Crippen molar-refractivity contribution in [2.75, 3.05) is 0 Å². The molecule has 0 aliphatic heterocycles. The maximum atomic E-state index is 12.0. The fourth-order valence-electron chi connectivity index (χ4n) is 3.02. The van der Waals surface area contributed by atoms with Gasteiger partial charge in [0.15, 0.2) is 0 Å². The summed E-state index contributed by atoms with van der Waals surface area (Å²) in [5.74, 6) is 1.59. The molecule has 3 heteroatoms. The molecule has 0 aromatic heterocycles. The average molecular weight is 296 g/mol. The smallest absolute Gasteiger partial charge is 0.395 e. The van der Waals surface area contributed by atoms with Crippen molar-refractivity contribution in [3.05, 3.63) is 60.2 Å². The minimum atomic E-state index is -0.686. The molecule has 0 amide bonds. The van der Waals surface area contributed by atoms with Gasteiger partial charge in [-0.05, 0) is 42.5 Å². The van der Waals surface area contributed by atoms with E-state index in [0.717, 1.165) is 18.4 Å². The number of hydrogen-bond donors (Lipinski definition) is 0. The Hall–Kier alpha value is -2.29. The van der Waals surface area contributed by atoms with Crippen molar-refractivity contribution in [2.45, 2.75) is 38.0 Å². The van der Waals surface area contributed by atoms with Gasteiger partial charge in [0, 0.05) is 0 Å². The van der Waals surface area contributed by atoms with E-state index in [0.29, 0.717) is 17.4 Å². The van der Waals surface area contributed by atoms with E-state index < -0.39 is 6.16 Å². The highest BCUT2D eigenvalue weighted by atomic mass is 16.7. The van der Waals surface area contributed by atoms with Gasteiger partial charge in [-0.1, -0.05) is 55.7 Å². The van der Waals surface area contributed by atoms with E-state index >= 15 is 0 Å². The van der Waals surface area contributed by atoms with Crippen LogP contribution in [0.4, 0.5) is 4.79 Å². The molecule has 0 N–H and O–H groups in total. The molecule has 0 heterocycles. The molecule has 0 spiro atoms. The van der Waals surface area contributed by atoms with E-state index in [-0.39, 0.29) is 0 Å². The van der Waals surface area contributed by atoms with Gasteiger partial charge in [-0.25, -0.2) is 4.79 Å². The SMILES string of the molecule is O=C(Oc1ccccc1)Oc1ccccc1C1CCCCC1. The lowest BCUT2D eigenvalue weighted by molar-refractivity contribution is 0.151. The number of rotatable bonds is 3. The molecule has 1 fully saturated rings. The summed E-state index contributed by atoms with van der Waals surface area (Å²) < 4.78 is 10.6. The monoisotopic (exact) mass is 296 g/mol. The molecule has 1 aliphatic rings. The van der Waals surface area contributed by atoms with Crippen LogP contribution in [-0.4, -0.2) is 6.16 Å². The third kappa shape index (κ3) is 3.67. The average Bonchev–Trinajstić information content (AvgIpc) is 2.57. The zero-order chi connectivity index (χ0) is 15.2. The first-order chi connectivity index (χ1) is 10.8. The van der Waals surface area contributed by atoms with E-state index in [1.165, 1.54) is 19.3 Å². The number of carbonyl (C=O) groups is 1. The second kappa shape index (κ2) is 7.12. The summed E-state index contributed by atoms with van der Waals surface area (Å²) in [6.07, 6.45) is 5.42. The Morgan fingerprint density at radius 3 is 2.27 bits per heavy atom. The second-order valence-corrected chi connectivity index (χ2v) is 5.64. The van der Waals surface area contributed by atoms with Crippen molar-refractivity contribution < 1.29 is 14.3 Å². The number of benzene rings is 2. The van der Waals surface area contributed by atoms with E-state index in [9.17, 15) is 4.79 Å². The molecule has 1 saturated carbocycles. The van der Waals surface area contributed by atoms with Gasteiger partial charge >= 0.3 is 6.16 Å². The van der Waals surface area contributed by atoms with Crippen molar-refractivity contribution in [2.24, 2.45) is 0 Å². The molecule has 2 aromatic rings. The molecule has 114 valence electrons. The first-order valence-corrected chi connectivity index (χ1v) is 7.86.